The number of ether oxygens (including phenoxy) is 1. The van der Waals surface area contributed by atoms with Gasteiger partial charge in [0.2, 0.25) is 0 Å². The quantitative estimate of drug-likeness (QED) is 0.297. The Morgan fingerprint density at radius 2 is 2.06 bits per heavy atom. The predicted octanol–water partition coefficient (Wildman–Crippen LogP) is 4.99. The summed E-state index contributed by atoms with van der Waals surface area (Å²) in [5.41, 5.74) is 3.35. The molecule has 1 aliphatic rings. The largest absolute Gasteiger partial charge is 0.465 e. The summed E-state index contributed by atoms with van der Waals surface area (Å²) in [4.78, 5) is 37.6. The standard InChI is InChI=1S/C21H13ClN2O5S3/c1-28-20(27)13-9-11(4-6-14(13)22)15-7-5-12(29-15)10-17-19(26)24(21(30)32-17)23-18(25)16-3-2-8-31-16/h2-10H,1H3,(H,23,25)/b17-10+. The fourth-order valence-electron chi connectivity index (χ4n) is 2.79. The summed E-state index contributed by atoms with van der Waals surface area (Å²) in [5.74, 6) is -0.555. The number of hydrogen-bond donors (Lipinski definition) is 1. The van der Waals surface area contributed by atoms with Gasteiger partial charge in [0.1, 0.15) is 11.5 Å². The van der Waals surface area contributed by atoms with Crippen molar-refractivity contribution in [1.29, 1.82) is 0 Å². The molecule has 0 unspecified atom stereocenters. The van der Waals surface area contributed by atoms with Gasteiger partial charge >= 0.3 is 5.97 Å². The van der Waals surface area contributed by atoms with Crippen LogP contribution in [0.15, 0.2) is 57.2 Å². The number of methoxy groups -OCH3 is 1. The third-order valence-electron chi connectivity index (χ3n) is 4.31. The number of amides is 2. The fourth-order valence-corrected chi connectivity index (χ4v) is 4.76. The number of thiocarbonyl (C=S) groups is 1. The first-order valence-corrected chi connectivity index (χ1v) is 11.5. The molecule has 2 amide bonds. The van der Waals surface area contributed by atoms with Gasteiger partial charge in [0.15, 0.2) is 4.32 Å². The van der Waals surface area contributed by atoms with Gasteiger partial charge in [-0.25, -0.2) is 4.79 Å². The molecule has 0 spiro atoms. The number of carbonyl (C=O) groups is 3. The molecule has 1 aromatic carbocycles. The van der Waals surface area contributed by atoms with E-state index >= 15 is 0 Å². The lowest BCUT2D eigenvalue weighted by Gasteiger charge is -2.14. The van der Waals surface area contributed by atoms with Gasteiger partial charge in [0.05, 0.1) is 27.5 Å². The lowest BCUT2D eigenvalue weighted by Crippen LogP contribution is -2.44. The maximum atomic E-state index is 12.7. The van der Waals surface area contributed by atoms with Crippen molar-refractivity contribution in [3.8, 4) is 11.3 Å². The summed E-state index contributed by atoms with van der Waals surface area (Å²) in [5, 5.41) is 3.07. The van der Waals surface area contributed by atoms with Gasteiger partial charge in [-0.2, -0.15) is 5.01 Å². The number of hydrazine groups is 1. The molecule has 0 atom stereocenters. The van der Waals surface area contributed by atoms with Gasteiger partial charge in [0.25, 0.3) is 11.8 Å². The van der Waals surface area contributed by atoms with E-state index in [1.165, 1.54) is 24.5 Å². The van der Waals surface area contributed by atoms with E-state index in [0.717, 1.165) is 16.8 Å². The van der Waals surface area contributed by atoms with E-state index in [0.29, 0.717) is 26.9 Å². The van der Waals surface area contributed by atoms with Crippen molar-refractivity contribution < 1.29 is 23.5 Å². The van der Waals surface area contributed by atoms with Gasteiger partial charge in [-0.15, -0.1) is 11.3 Å². The highest BCUT2D eigenvalue weighted by molar-refractivity contribution is 8.26. The van der Waals surface area contributed by atoms with Crippen molar-refractivity contribution in [2.75, 3.05) is 7.11 Å². The van der Waals surface area contributed by atoms with Crippen molar-refractivity contribution in [3.05, 3.63) is 74.0 Å². The predicted molar refractivity (Wildman–Crippen MR) is 127 cm³/mol. The summed E-state index contributed by atoms with van der Waals surface area (Å²) >= 11 is 13.6. The van der Waals surface area contributed by atoms with E-state index in [1.807, 2.05) is 0 Å². The van der Waals surface area contributed by atoms with E-state index in [2.05, 4.69) is 5.43 Å². The Kier molecular flexibility index (Phi) is 6.47. The zero-order valence-electron chi connectivity index (χ0n) is 16.3. The first-order chi connectivity index (χ1) is 15.4. The lowest BCUT2D eigenvalue weighted by molar-refractivity contribution is -0.123. The van der Waals surface area contributed by atoms with Crippen LogP contribution in [0.2, 0.25) is 5.02 Å². The number of nitrogens with zero attached hydrogens (tertiary/aromatic N) is 1. The smallest absolute Gasteiger partial charge is 0.339 e. The van der Waals surface area contributed by atoms with E-state index < -0.39 is 17.8 Å². The number of hydrogen-bond acceptors (Lipinski definition) is 8. The Morgan fingerprint density at radius 3 is 2.78 bits per heavy atom. The molecule has 1 saturated heterocycles. The Balaban J connectivity index is 1.53. The van der Waals surface area contributed by atoms with Crippen LogP contribution in [0, 0.1) is 0 Å². The average Bonchev–Trinajstić information content (AvgIpc) is 3.52. The zero-order chi connectivity index (χ0) is 22.8. The molecule has 3 heterocycles. The minimum atomic E-state index is -0.558. The molecule has 2 aromatic heterocycles. The second-order valence-electron chi connectivity index (χ2n) is 6.32. The SMILES string of the molecule is COC(=O)c1cc(-c2ccc(/C=C3/SC(=S)N(NC(=O)c4cccs4)C3=O)o2)ccc1Cl. The van der Waals surface area contributed by atoms with E-state index in [4.69, 9.17) is 33.0 Å². The van der Waals surface area contributed by atoms with Crippen LogP contribution in [-0.2, 0) is 9.53 Å². The number of carbonyl (C=O) groups excluding carboxylic acids is 3. The zero-order valence-corrected chi connectivity index (χ0v) is 19.5. The molecule has 7 nitrogen and oxygen atoms in total. The Bertz CT molecular complexity index is 1270. The van der Waals surface area contributed by atoms with Gasteiger partial charge < -0.3 is 9.15 Å². The van der Waals surface area contributed by atoms with Crippen LogP contribution in [0.4, 0.5) is 0 Å². The van der Waals surface area contributed by atoms with Gasteiger partial charge in [-0.05, 0) is 54.0 Å². The summed E-state index contributed by atoms with van der Waals surface area (Å²) in [7, 11) is 1.27. The molecule has 3 aromatic rings. The molecule has 0 aliphatic carbocycles. The first-order valence-electron chi connectivity index (χ1n) is 8.98. The summed E-state index contributed by atoms with van der Waals surface area (Å²) in [6.07, 6.45) is 1.54. The second kappa shape index (κ2) is 9.29. The van der Waals surface area contributed by atoms with Crippen LogP contribution in [0.3, 0.4) is 0 Å². The Morgan fingerprint density at radius 1 is 1.25 bits per heavy atom. The second-order valence-corrected chi connectivity index (χ2v) is 9.35. The van der Waals surface area contributed by atoms with Gasteiger partial charge in [-0.1, -0.05) is 29.4 Å². The number of esters is 1. The number of nitrogens with one attached hydrogen (secondary N) is 1. The summed E-state index contributed by atoms with van der Waals surface area (Å²) in [6.45, 7) is 0. The Hall–Kier alpha value is -2.92. The molecule has 0 bridgehead atoms. The van der Waals surface area contributed by atoms with Crippen LogP contribution >= 0.6 is 46.9 Å². The third-order valence-corrected chi connectivity index (χ3v) is 6.81. The van der Waals surface area contributed by atoms with Crippen molar-refractivity contribution in [2.45, 2.75) is 0 Å². The molecular formula is C21H13ClN2O5S3. The number of thiophene rings is 1. The van der Waals surface area contributed by atoms with E-state index in [1.54, 1.807) is 47.8 Å². The Labute approximate surface area is 201 Å². The van der Waals surface area contributed by atoms with Crippen LogP contribution in [-0.4, -0.2) is 34.2 Å². The highest BCUT2D eigenvalue weighted by Crippen LogP contribution is 2.33. The molecule has 4 rings (SSSR count). The molecule has 1 N–H and O–H groups in total. The van der Waals surface area contributed by atoms with Crippen LogP contribution in [0.5, 0.6) is 0 Å². The number of halogens is 1. The van der Waals surface area contributed by atoms with Crippen LogP contribution in [0.25, 0.3) is 17.4 Å². The lowest BCUT2D eigenvalue weighted by atomic mass is 10.1. The third kappa shape index (κ3) is 4.49. The highest BCUT2D eigenvalue weighted by atomic mass is 35.5. The summed E-state index contributed by atoms with van der Waals surface area (Å²) in [6, 6.07) is 11.6. The minimum Gasteiger partial charge on any atom is -0.465 e. The number of furan rings is 1. The van der Waals surface area contributed by atoms with Crippen LogP contribution in [0.1, 0.15) is 25.8 Å². The van der Waals surface area contributed by atoms with Crippen LogP contribution < -0.4 is 5.43 Å². The van der Waals surface area contributed by atoms with Gasteiger partial charge in [-0.3, -0.25) is 15.0 Å². The van der Waals surface area contributed by atoms with Gasteiger partial charge in [0, 0.05) is 11.6 Å². The highest BCUT2D eigenvalue weighted by Gasteiger charge is 2.34. The molecule has 32 heavy (non-hydrogen) atoms. The van der Waals surface area contributed by atoms with Crippen molar-refractivity contribution in [3.63, 3.8) is 0 Å². The van der Waals surface area contributed by atoms with Crippen molar-refractivity contribution in [1.82, 2.24) is 10.4 Å². The maximum absolute atomic E-state index is 12.7. The minimum absolute atomic E-state index is 0.207. The van der Waals surface area contributed by atoms with Crippen molar-refractivity contribution in [2.24, 2.45) is 0 Å². The number of rotatable bonds is 5. The monoisotopic (exact) mass is 504 g/mol. The summed E-state index contributed by atoms with van der Waals surface area (Å²) < 4.78 is 10.8. The molecule has 0 radical (unpaired) electrons. The molecular weight excluding hydrogens is 492 g/mol. The molecule has 1 aliphatic heterocycles. The first kappa shape index (κ1) is 22.3. The molecule has 11 heteroatoms. The number of thioether (sulfide) groups is 1. The topological polar surface area (TPSA) is 88.9 Å². The molecule has 0 saturated carbocycles. The van der Waals surface area contributed by atoms with Crippen molar-refractivity contribution >= 4 is 75.1 Å². The average molecular weight is 505 g/mol. The maximum Gasteiger partial charge on any atom is 0.339 e. The normalized spacial score (nSPS) is 14.8. The fraction of sp³-hybridized carbons (Fsp3) is 0.0476. The molecule has 162 valence electrons. The number of benzene rings is 1. The van der Waals surface area contributed by atoms with E-state index in [-0.39, 0.29) is 14.9 Å². The molecule has 1 fully saturated rings. The van der Waals surface area contributed by atoms with E-state index in [9.17, 15) is 14.4 Å².